The normalized spacial score (nSPS) is 22.0. The number of nitro groups is 1. The molecule has 1 aromatic rings. The van der Waals surface area contributed by atoms with E-state index in [1.807, 2.05) is 0 Å². The van der Waals surface area contributed by atoms with Gasteiger partial charge in [-0.15, -0.1) is 0 Å². The minimum Gasteiger partial charge on any atom is -0.314 e. The summed E-state index contributed by atoms with van der Waals surface area (Å²) < 4.78 is 0. The Kier molecular flexibility index (Phi) is 5.68. The van der Waals surface area contributed by atoms with Crippen molar-refractivity contribution in [2.75, 3.05) is 25.0 Å². The number of rotatable bonds is 5. The summed E-state index contributed by atoms with van der Waals surface area (Å²) in [5.41, 5.74) is 0.741. The van der Waals surface area contributed by atoms with E-state index in [0.29, 0.717) is 18.3 Å². The highest BCUT2D eigenvalue weighted by atomic mass is 16.6. The van der Waals surface area contributed by atoms with E-state index in [-0.39, 0.29) is 11.6 Å². The van der Waals surface area contributed by atoms with E-state index in [0.717, 1.165) is 12.5 Å². The molecule has 3 rings (SSSR count). The summed E-state index contributed by atoms with van der Waals surface area (Å²) >= 11 is 0. The van der Waals surface area contributed by atoms with E-state index in [9.17, 15) is 14.9 Å². The van der Waals surface area contributed by atoms with E-state index >= 15 is 0 Å². The summed E-state index contributed by atoms with van der Waals surface area (Å²) in [6.07, 6.45) is 8.98. The molecule has 6 nitrogen and oxygen atoms in total. The molecule has 0 bridgehead atoms. The lowest BCUT2D eigenvalue weighted by Crippen LogP contribution is -2.43. The fraction of sp³-hybridized carbons (Fsp3) is 0.632. The van der Waals surface area contributed by atoms with Crippen LogP contribution in [0.25, 0.3) is 0 Å². The molecule has 1 aromatic carbocycles. The first-order chi connectivity index (χ1) is 12.1. The lowest BCUT2D eigenvalue weighted by molar-refractivity contribution is -0.384. The molecule has 1 aliphatic carbocycles. The summed E-state index contributed by atoms with van der Waals surface area (Å²) in [4.78, 5) is 27.0. The molecule has 2 aliphatic rings. The van der Waals surface area contributed by atoms with Gasteiger partial charge in [-0.05, 0) is 50.3 Å². The van der Waals surface area contributed by atoms with E-state index in [2.05, 4.69) is 4.90 Å². The van der Waals surface area contributed by atoms with Crippen molar-refractivity contribution in [3.05, 3.63) is 34.4 Å². The monoisotopic (exact) mass is 345 g/mol. The van der Waals surface area contributed by atoms with Gasteiger partial charge in [-0.2, -0.15) is 0 Å². The molecule has 0 aromatic heterocycles. The molecule has 6 heteroatoms. The maximum Gasteiger partial charge on any atom is 0.269 e. The molecule has 1 amide bonds. The van der Waals surface area contributed by atoms with Gasteiger partial charge in [0.05, 0.1) is 11.5 Å². The zero-order valence-electron chi connectivity index (χ0n) is 14.9. The van der Waals surface area contributed by atoms with E-state index in [4.69, 9.17) is 0 Å². The third-order valence-electron chi connectivity index (χ3n) is 5.77. The van der Waals surface area contributed by atoms with Gasteiger partial charge in [-0.1, -0.05) is 19.3 Å². The lowest BCUT2D eigenvalue weighted by Gasteiger charge is -2.34. The van der Waals surface area contributed by atoms with Crippen LogP contribution < -0.4 is 4.90 Å². The molecule has 1 aliphatic heterocycles. The van der Waals surface area contributed by atoms with Gasteiger partial charge in [-0.3, -0.25) is 19.8 Å². The third kappa shape index (κ3) is 4.18. The van der Waals surface area contributed by atoms with Crippen molar-refractivity contribution in [1.82, 2.24) is 4.90 Å². The number of carbonyl (C=O) groups is 1. The first kappa shape index (κ1) is 17.9. The number of hydrogen-bond acceptors (Lipinski definition) is 4. The topological polar surface area (TPSA) is 66.7 Å². The van der Waals surface area contributed by atoms with E-state index in [1.165, 1.54) is 57.1 Å². The average Bonchev–Trinajstić information content (AvgIpc) is 3.10. The number of carbonyl (C=O) groups excluding carboxylic acids is 1. The number of non-ortho nitro benzene ring substituents is 1. The van der Waals surface area contributed by atoms with Crippen LogP contribution in [0.1, 0.15) is 44.9 Å². The molecule has 0 radical (unpaired) electrons. The second-order valence-corrected chi connectivity index (χ2v) is 7.30. The number of amides is 1. The highest BCUT2D eigenvalue weighted by Gasteiger charge is 2.33. The largest absolute Gasteiger partial charge is 0.314 e. The molecule has 1 saturated heterocycles. The van der Waals surface area contributed by atoms with Gasteiger partial charge in [0.15, 0.2) is 0 Å². The molecule has 1 atom stereocenters. The van der Waals surface area contributed by atoms with Gasteiger partial charge in [0, 0.05) is 30.9 Å². The first-order valence-electron chi connectivity index (χ1n) is 9.31. The zero-order chi connectivity index (χ0) is 17.8. The van der Waals surface area contributed by atoms with Crippen LogP contribution >= 0.6 is 0 Å². The van der Waals surface area contributed by atoms with Crippen LogP contribution in [0.4, 0.5) is 11.4 Å². The molecule has 1 saturated carbocycles. The van der Waals surface area contributed by atoms with Crippen molar-refractivity contribution in [2.45, 2.75) is 51.0 Å². The maximum absolute atomic E-state index is 12.7. The van der Waals surface area contributed by atoms with Crippen molar-refractivity contribution >= 4 is 17.3 Å². The van der Waals surface area contributed by atoms with Gasteiger partial charge in [0.25, 0.3) is 5.69 Å². The van der Waals surface area contributed by atoms with E-state index in [1.54, 1.807) is 24.1 Å². The molecular weight excluding hydrogens is 318 g/mol. The standard InChI is InChI=1S/C19H27N3O3/c1-20(16-9-11-17(12-10-16)22(24)25)19(23)14-21-13-5-8-18(21)15-6-3-2-4-7-15/h9-12,15,18H,2-8,13-14H2,1H3/t18-/m1/s1. The summed E-state index contributed by atoms with van der Waals surface area (Å²) in [7, 11) is 1.75. The van der Waals surface area contributed by atoms with E-state index < -0.39 is 4.92 Å². The van der Waals surface area contributed by atoms with Crippen LogP contribution in [0.3, 0.4) is 0 Å². The minimum absolute atomic E-state index is 0.0431. The molecule has 25 heavy (non-hydrogen) atoms. The SMILES string of the molecule is CN(C(=O)CN1CCC[C@@H]1C1CCCCC1)c1ccc([N+](=O)[O-])cc1. The Bertz CT molecular complexity index is 611. The van der Waals surface area contributed by atoms with Gasteiger partial charge in [0.2, 0.25) is 5.91 Å². The Morgan fingerprint density at radius 2 is 1.84 bits per heavy atom. The van der Waals surface area contributed by atoms with Gasteiger partial charge in [0.1, 0.15) is 0 Å². The Labute approximate surface area is 148 Å². The lowest BCUT2D eigenvalue weighted by atomic mass is 9.83. The number of hydrogen-bond donors (Lipinski definition) is 0. The Hall–Kier alpha value is -1.95. The van der Waals surface area contributed by atoms with Crippen LogP contribution in [0, 0.1) is 16.0 Å². The summed E-state index contributed by atoms with van der Waals surface area (Å²) in [6, 6.07) is 6.71. The highest BCUT2D eigenvalue weighted by molar-refractivity contribution is 5.94. The second kappa shape index (κ2) is 7.95. The van der Waals surface area contributed by atoms with Crippen LogP contribution in [0.2, 0.25) is 0 Å². The van der Waals surface area contributed by atoms with Crippen LogP contribution in [-0.4, -0.2) is 41.9 Å². The molecule has 136 valence electrons. The molecule has 1 heterocycles. The number of benzene rings is 1. The van der Waals surface area contributed by atoms with Gasteiger partial charge in [-0.25, -0.2) is 0 Å². The quantitative estimate of drug-likeness (QED) is 0.604. The smallest absolute Gasteiger partial charge is 0.269 e. The first-order valence-corrected chi connectivity index (χ1v) is 9.31. The van der Waals surface area contributed by atoms with Crippen LogP contribution in [0.15, 0.2) is 24.3 Å². The Balaban J connectivity index is 1.61. The summed E-state index contributed by atoms with van der Waals surface area (Å²) in [5.74, 6) is 0.797. The number of nitrogens with zero attached hydrogens (tertiary/aromatic N) is 3. The Morgan fingerprint density at radius 3 is 2.48 bits per heavy atom. The van der Waals surface area contributed by atoms with Gasteiger partial charge < -0.3 is 4.90 Å². The molecule has 2 fully saturated rings. The van der Waals surface area contributed by atoms with Crippen molar-refractivity contribution < 1.29 is 9.72 Å². The van der Waals surface area contributed by atoms with Crippen molar-refractivity contribution in [3.63, 3.8) is 0 Å². The number of anilines is 1. The molecule has 0 spiro atoms. The number of likely N-dealkylation sites (tertiary alicyclic amines) is 1. The predicted molar refractivity (Wildman–Crippen MR) is 97.7 cm³/mol. The van der Waals surface area contributed by atoms with Crippen LogP contribution in [0.5, 0.6) is 0 Å². The zero-order valence-corrected chi connectivity index (χ0v) is 14.9. The fourth-order valence-corrected chi connectivity index (χ4v) is 4.32. The number of nitro benzene ring substituents is 1. The molecule has 0 unspecified atom stereocenters. The van der Waals surface area contributed by atoms with Crippen molar-refractivity contribution in [1.29, 1.82) is 0 Å². The molecular formula is C19H27N3O3. The van der Waals surface area contributed by atoms with Gasteiger partial charge >= 0.3 is 0 Å². The summed E-state index contributed by atoms with van der Waals surface area (Å²) in [5, 5.41) is 10.8. The summed E-state index contributed by atoms with van der Waals surface area (Å²) in [6.45, 7) is 1.44. The maximum atomic E-state index is 12.7. The number of likely N-dealkylation sites (N-methyl/N-ethyl adjacent to an activating group) is 1. The third-order valence-corrected chi connectivity index (χ3v) is 5.77. The van der Waals surface area contributed by atoms with Crippen LogP contribution in [-0.2, 0) is 4.79 Å². The fourth-order valence-electron chi connectivity index (χ4n) is 4.32. The predicted octanol–water partition coefficient (Wildman–Crippen LogP) is 3.60. The highest BCUT2D eigenvalue weighted by Crippen LogP contribution is 2.34. The second-order valence-electron chi connectivity index (χ2n) is 7.30. The molecule has 0 N–H and O–H groups in total. The average molecular weight is 345 g/mol. The van der Waals surface area contributed by atoms with Crippen molar-refractivity contribution in [3.8, 4) is 0 Å². The Morgan fingerprint density at radius 1 is 1.16 bits per heavy atom. The van der Waals surface area contributed by atoms with Crippen molar-refractivity contribution in [2.24, 2.45) is 5.92 Å². The minimum atomic E-state index is -0.426.